The second-order valence-electron chi connectivity index (χ2n) is 6.10. The van der Waals surface area contributed by atoms with Crippen molar-refractivity contribution in [3.8, 4) is 0 Å². The van der Waals surface area contributed by atoms with Gasteiger partial charge in [-0.2, -0.15) is 0 Å². The standard InChI is InChI=1S/C15H25N5O8/c21-4-14(5-22,6-23)19-12(27)17-10-1-2-11(16-3-10)18-13(28)20-15(7-24,8-25)9-26/h1-3,21-26H,4-9H2,(H2,17,19,27)(H2,16,18,20,28). The Labute approximate surface area is 160 Å². The van der Waals surface area contributed by atoms with Crippen LogP contribution in [0, 0.1) is 0 Å². The number of anilines is 2. The number of hydrogen-bond acceptors (Lipinski definition) is 9. The lowest BCUT2D eigenvalue weighted by Gasteiger charge is -2.28. The van der Waals surface area contributed by atoms with E-state index in [0.717, 1.165) is 0 Å². The van der Waals surface area contributed by atoms with Crippen LogP contribution in [0.3, 0.4) is 0 Å². The van der Waals surface area contributed by atoms with Crippen LogP contribution in [0.15, 0.2) is 18.3 Å². The highest BCUT2D eigenvalue weighted by Gasteiger charge is 2.31. The van der Waals surface area contributed by atoms with Crippen molar-refractivity contribution in [3.05, 3.63) is 18.3 Å². The maximum atomic E-state index is 11.9. The molecule has 0 saturated carbocycles. The minimum Gasteiger partial charge on any atom is -0.394 e. The maximum absolute atomic E-state index is 11.9. The molecule has 0 saturated heterocycles. The first kappa shape index (κ1) is 23.5. The fourth-order valence-electron chi connectivity index (χ4n) is 1.87. The highest BCUT2D eigenvalue weighted by atomic mass is 16.3. The second-order valence-corrected chi connectivity index (χ2v) is 6.10. The number of carbonyl (C=O) groups excluding carboxylic acids is 2. The molecule has 0 bridgehead atoms. The molecule has 13 nitrogen and oxygen atoms in total. The first-order valence-corrected chi connectivity index (χ1v) is 8.11. The van der Waals surface area contributed by atoms with Crippen LogP contribution in [0.5, 0.6) is 0 Å². The molecule has 0 spiro atoms. The Morgan fingerprint density at radius 2 is 1.18 bits per heavy atom. The highest BCUT2D eigenvalue weighted by Crippen LogP contribution is 2.11. The molecule has 13 heteroatoms. The quantitative estimate of drug-likeness (QED) is 0.189. The number of hydrogen-bond donors (Lipinski definition) is 10. The fraction of sp³-hybridized carbons (Fsp3) is 0.533. The van der Waals surface area contributed by atoms with Gasteiger partial charge in [-0.3, -0.25) is 5.32 Å². The summed E-state index contributed by atoms with van der Waals surface area (Å²) < 4.78 is 0. The molecule has 10 N–H and O–H groups in total. The van der Waals surface area contributed by atoms with Crippen LogP contribution in [0.1, 0.15) is 0 Å². The van der Waals surface area contributed by atoms with Crippen molar-refractivity contribution in [2.45, 2.75) is 11.1 Å². The van der Waals surface area contributed by atoms with Gasteiger partial charge in [0.05, 0.1) is 51.5 Å². The van der Waals surface area contributed by atoms with E-state index in [0.29, 0.717) is 0 Å². The van der Waals surface area contributed by atoms with Gasteiger partial charge in [-0.25, -0.2) is 14.6 Å². The third-order valence-electron chi connectivity index (χ3n) is 3.84. The van der Waals surface area contributed by atoms with Gasteiger partial charge in [-0.1, -0.05) is 0 Å². The molecule has 158 valence electrons. The van der Waals surface area contributed by atoms with Crippen LogP contribution in [-0.2, 0) is 0 Å². The number of carbonyl (C=O) groups is 2. The summed E-state index contributed by atoms with van der Waals surface area (Å²) in [6.45, 7) is -4.09. The van der Waals surface area contributed by atoms with Gasteiger partial charge < -0.3 is 46.6 Å². The minimum absolute atomic E-state index is 0.0709. The van der Waals surface area contributed by atoms with E-state index >= 15 is 0 Å². The van der Waals surface area contributed by atoms with E-state index in [9.17, 15) is 40.2 Å². The Bertz CT molecular complexity index is 562. The zero-order chi connectivity index (χ0) is 21.2. The fourth-order valence-corrected chi connectivity index (χ4v) is 1.87. The lowest BCUT2D eigenvalue weighted by molar-refractivity contribution is 0.0506. The monoisotopic (exact) mass is 403 g/mol. The molecule has 0 aliphatic carbocycles. The van der Waals surface area contributed by atoms with Gasteiger partial charge in [0.25, 0.3) is 0 Å². The van der Waals surface area contributed by atoms with Crippen LogP contribution in [0.4, 0.5) is 21.1 Å². The van der Waals surface area contributed by atoms with Crippen LogP contribution in [0.25, 0.3) is 0 Å². The van der Waals surface area contributed by atoms with E-state index in [4.69, 9.17) is 0 Å². The highest BCUT2D eigenvalue weighted by molar-refractivity contribution is 5.91. The lowest BCUT2D eigenvalue weighted by atomic mass is 10.0. The van der Waals surface area contributed by atoms with Crippen molar-refractivity contribution < 1.29 is 40.2 Å². The number of urea groups is 2. The third-order valence-corrected chi connectivity index (χ3v) is 3.84. The molecule has 0 aliphatic rings. The summed E-state index contributed by atoms with van der Waals surface area (Å²) in [6.07, 6.45) is 1.20. The van der Waals surface area contributed by atoms with Crippen LogP contribution < -0.4 is 21.3 Å². The average Bonchev–Trinajstić information content (AvgIpc) is 2.72. The second kappa shape index (κ2) is 10.7. The Kier molecular flexibility index (Phi) is 8.98. The molecule has 1 rings (SSSR count). The smallest absolute Gasteiger partial charge is 0.321 e. The normalized spacial score (nSPS) is 11.6. The summed E-state index contributed by atoms with van der Waals surface area (Å²) in [5.74, 6) is 0.0709. The van der Waals surface area contributed by atoms with Gasteiger partial charge >= 0.3 is 12.1 Å². The molecule has 0 aliphatic heterocycles. The van der Waals surface area contributed by atoms with E-state index in [1.807, 2.05) is 0 Å². The first-order valence-electron chi connectivity index (χ1n) is 8.11. The van der Waals surface area contributed by atoms with Gasteiger partial charge in [0.15, 0.2) is 0 Å². The number of aliphatic hydroxyl groups is 6. The Hall–Kier alpha value is -2.55. The number of rotatable bonds is 10. The number of pyridine rings is 1. The predicted molar refractivity (Wildman–Crippen MR) is 96.5 cm³/mol. The average molecular weight is 403 g/mol. The van der Waals surface area contributed by atoms with Gasteiger partial charge in [-0.05, 0) is 12.1 Å². The van der Waals surface area contributed by atoms with Crippen molar-refractivity contribution in [1.29, 1.82) is 0 Å². The molecular formula is C15H25N5O8. The van der Waals surface area contributed by atoms with Crippen LogP contribution in [-0.4, -0.2) is 98.4 Å². The molecule has 28 heavy (non-hydrogen) atoms. The van der Waals surface area contributed by atoms with Gasteiger partial charge in [-0.15, -0.1) is 0 Å². The van der Waals surface area contributed by atoms with Crippen LogP contribution >= 0.6 is 0 Å². The molecule has 4 amide bonds. The summed E-state index contributed by atoms with van der Waals surface area (Å²) in [5.41, 5.74) is -2.97. The largest absolute Gasteiger partial charge is 0.394 e. The number of nitrogens with zero attached hydrogens (tertiary/aromatic N) is 1. The summed E-state index contributed by atoms with van der Waals surface area (Å²) in [4.78, 5) is 27.7. The molecule has 0 aromatic carbocycles. The van der Waals surface area contributed by atoms with Crippen molar-refractivity contribution in [1.82, 2.24) is 15.6 Å². The van der Waals surface area contributed by atoms with E-state index in [1.165, 1.54) is 18.3 Å². The molecule has 1 aromatic rings. The Morgan fingerprint density at radius 3 is 1.54 bits per heavy atom. The number of amides is 4. The molecule has 1 heterocycles. The predicted octanol–water partition coefficient (Wildman–Crippen LogP) is -3.24. The number of aromatic nitrogens is 1. The topological polar surface area (TPSA) is 217 Å². The summed E-state index contributed by atoms with van der Waals surface area (Å²) in [5, 5.41) is 64.2. The van der Waals surface area contributed by atoms with E-state index in [1.54, 1.807) is 0 Å². The Balaban J connectivity index is 2.66. The first-order chi connectivity index (χ1) is 13.3. The van der Waals surface area contributed by atoms with Crippen LogP contribution in [0.2, 0.25) is 0 Å². The summed E-state index contributed by atoms with van der Waals surface area (Å²) >= 11 is 0. The zero-order valence-electron chi connectivity index (χ0n) is 14.9. The van der Waals surface area contributed by atoms with Crippen molar-refractivity contribution in [2.75, 3.05) is 50.3 Å². The lowest BCUT2D eigenvalue weighted by Crippen LogP contribution is -2.58. The number of nitrogens with one attached hydrogen (secondary N) is 4. The van der Waals surface area contributed by atoms with Crippen molar-refractivity contribution in [3.63, 3.8) is 0 Å². The minimum atomic E-state index is -1.59. The van der Waals surface area contributed by atoms with E-state index < -0.39 is 62.8 Å². The zero-order valence-corrected chi connectivity index (χ0v) is 14.9. The molecule has 0 atom stereocenters. The molecule has 0 fully saturated rings. The molecule has 0 radical (unpaired) electrons. The van der Waals surface area contributed by atoms with Gasteiger partial charge in [0.1, 0.15) is 16.9 Å². The Morgan fingerprint density at radius 1 is 0.750 bits per heavy atom. The third kappa shape index (κ3) is 6.26. The molecular weight excluding hydrogens is 378 g/mol. The maximum Gasteiger partial charge on any atom is 0.321 e. The van der Waals surface area contributed by atoms with Gasteiger partial charge in [0.2, 0.25) is 0 Å². The number of aliphatic hydroxyl groups excluding tert-OH is 6. The summed E-state index contributed by atoms with van der Waals surface area (Å²) in [7, 11) is 0. The summed E-state index contributed by atoms with van der Waals surface area (Å²) in [6, 6.07) is 1.08. The van der Waals surface area contributed by atoms with Gasteiger partial charge in [0, 0.05) is 0 Å². The SMILES string of the molecule is O=C(Nc1ccc(NC(=O)NC(CO)(CO)CO)nc1)NC(CO)(CO)CO. The van der Waals surface area contributed by atoms with Crippen molar-refractivity contribution >= 4 is 23.6 Å². The van der Waals surface area contributed by atoms with E-state index in [2.05, 4.69) is 26.3 Å². The molecule has 0 unspecified atom stereocenters. The van der Waals surface area contributed by atoms with E-state index in [-0.39, 0.29) is 11.5 Å². The molecule has 1 aromatic heterocycles. The van der Waals surface area contributed by atoms with Crippen molar-refractivity contribution in [2.24, 2.45) is 0 Å².